The van der Waals surface area contributed by atoms with Gasteiger partial charge >= 0.3 is 0 Å². The molecule has 0 bridgehead atoms. The molecule has 120 valence electrons. The fraction of sp³-hybridized carbons (Fsp3) is 0.467. The molecule has 0 aliphatic heterocycles. The normalized spacial score (nSPS) is 13.0. The zero-order valence-electron chi connectivity index (χ0n) is 12.9. The highest BCUT2D eigenvalue weighted by Crippen LogP contribution is 2.22. The molecule has 0 radical (unpaired) electrons. The molecule has 0 aliphatic carbocycles. The van der Waals surface area contributed by atoms with Crippen molar-refractivity contribution in [2.45, 2.75) is 44.1 Å². The van der Waals surface area contributed by atoms with Crippen LogP contribution >= 0.6 is 0 Å². The second-order valence-electron chi connectivity index (χ2n) is 5.16. The van der Waals surface area contributed by atoms with Crippen LogP contribution < -0.4 is 4.74 Å². The van der Waals surface area contributed by atoms with E-state index in [0.717, 1.165) is 19.3 Å². The number of hydrogen-bond donors (Lipinski definition) is 0. The summed E-state index contributed by atoms with van der Waals surface area (Å²) in [4.78, 5) is 4.56. The molecular weight excluding hydrogens is 304 g/mol. The van der Waals surface area contributed by atoms with Crippen LogP contribution in [0.5, 0.6) is 5.75 Å². The maximum atomic E-state index is 11.4. The van der Waals surface area contributed by atoms with Crippen molar-refractivity contribution >= 4 is 9.84 Å². The maximum Gasteiger partial charge on any atom is 0.267 e. The number of rotatable bonds is 7. The standard InChI is InChI=1S/C15H20N2O4S/c1-4-5-6-14-16-15(21-17-14)11(2)20-12-7-9-13(10-8-12)22(3,18)19/h7-11H,4-6H2,1-3H3. The molecular formula is C15H20N2O4S. The summed E-state index contributed by atoms with van der Waals surface area (Å²) < 4.78 is 33.7. The predicted octanol–water partition coefficient (Wildman–Crippen LogP) is 2.96. The molecule has 0 aliphatic rings. The van der Waals surface area contributed by atoms with Crippen LogP contribution in [0.4, 0.5) is 0 Å². The minimum atomic E-state index is -3.20. The lowest BCUT2D eigenvalue weighted by atomic mass is 10.2. The van der Waals surface area contributed by atoms with Crippen LogP contribution in [0.3, 0.4) is 0 Å². The Hall–Kier alpha value is -1.89. The van der Waals surface area contributed by atoms with Crippen molar-refractivity contribution < 1.29 is 17.7 Å². The van der Waals surface area contributed by atoms with Crippen molar-refractivity contribution in [2.75, 3.05) is 6.26 Å². The van der Waals surface area contributed by atoms with Crippen LogP contribution in [-0.4, -0.2) is 24.8 Å². The minimum absolute atomic E-state index is 0.257. The van der Waals surface area contributed by atoms with E-state index < -0.39 is 15.9 Å². The van der Waals surface area contributed by atoms with Gasteiger partial charge in [-0.3, -0.25) is 0 Å². The Morgan fingerprint density at radius 1 is 1.27 bits per heavy atom. The van der Waals surface area contributed by atoms with E-state index in [0.29, 0.717) is 17.5 Å². The highest BCUT2D eigenvalue weighted by molar-refractivity contribution is 7.90. The number of sulfone groups is 1. The van der Waals surface area contributed by atoms with E-state index in [9.17, 15) is 8.42 Å². The smallest absolute Gasteiger partial charge is 0.267 e. The topological polar surface area (TPSA) is 82.3 Å². The van der Waals surface area contributed by atoms with E-state index in [1.54, 1.807) is 12.1 Å². The van der Waals surface area contributed by atoms with Gasteiger partial charge in [0.15, 0.2) is 21.8 Å². The molecule has 0 fully saturated rings. The first-order valence-electron chi connectivity index (χ1n) is 7.19. The van der Waals surface area contributed by atoms with E-state index in [1.807, 2.05) is 6.92 Å². The van der Waals surface area contributed by atoms with Crippen LogP contribution in [0, 0.1) is 0 Å². The Morgan fingerprint density at radius 3 is 2.55 bits per heavy atom. The van der Waals surface area contributed by atoms with Crippen molar-refractivity contribution in [1.82, 2.24) is 10.1 Å². The monoisotopic (exact) mass is 324 g/mol. The number of aryl methyl sites for hydroxylation is 1. The lowest BCUT2D eigenvalue weighted by Gasteiger charge is -2.10. The molecule has 6 nitrogen and oxygen atoms in total. The molecule has 2 rings (SSSR count). The van der Waals surface area contributed by atoms with Crippen LogP contribution in [0.25, 0.3) is 0 Å². The lowest BCUT2D eigenvalue weighted by Crippen LogP contribution is -2.04. The molecule has 1 aromatic heterocycles. The van der Waals surface area contributed by atoms with Gasteiger partial charge in [-0.15, -0.1) is 0 Å². The van der Waals surface area contributed by atoms with Gasteiger partial charge in [-0.25, -0.2) is 8.42 Å². The Labute approximate surface area is 130 Å². The van der Waals surface area contributed by atoms with Gasteiger partial charge in [0.05, 0.1) is 4.90 Å². The Bertz CT molecular complexity index is 707. The van der Waals surface area contributed by atoms with E-state index in [1.165, 1.54) is 18.4 Å². The van der Waals surface area contributed by atoms with E-state index in [-0.39, 0.29) is 4.90 Å². The van der Waals surface area contributed by atoms with Gasteiger partial charge in [0.1, 0.15) is 5.75 Å². The summed E-state index contributed by atoms with van der Waals surface area (Å²) in [6.07, 6.45) is 3.65. The fourth-order valence-electron chi connectivity index (χ4n) is 1.89. The van der Waals surface area contributed by atoms with Gasteiger partial charge in [-0.1, -0.05) is 18.5 Å². The van der Waals surface area contributed by atoms with Gasteiger partial charge in [0.2, 0.25) is 0 Å². The minimum Gasteiger partial charge on any atom is -0.481 e. The number of unbranched alkanes of at least 4 members (excludes halogenated alkanes) is 1. The van der Waals surface area contributed by atoms with Crippen molar-refractivity contribution in [2.24, 2.45) is 0 Å². The number of benzene rings is 1. The Morgan fingerprint density at radius 2 is 1.95 bits per heavy atom. The molecule has 0 saturated carbocycles. The molecule has 0 saturated heterocycles. The average molecular weight is 324 g/mol. The van der Waals surface area contributed by atoms with Crippen molar-refractivity contribution in [3.05, 3.63) is 36.0 Å². The van der Waals surface area contributed by atoms with Crippen molar-refractivity contribution in [3.8, 4) is 5.75 Å². The third-order valence-electron chi connectivity index (χ3n) is 3.15. The zero-order valence-corrected chi connectivity index (χ0v) is 13.8. The molecule has 1 aromatic carbocycles. The summed E-state index contributed by atoms with van der Waals surface area (Å²) in [5.74, 6) is 1.64. The fourth-order valence-corrected chi connectivity index (χ4v) is 2.52. The van der Waals surface area contributed by atoms with Gasteiger partial charge in [-0.05, 0) is 37.6 Å². The molecule has 0 spiro atoms. The summed E-state index contributed by atoms with van der Waals surface area (Å²) >= 11 is 0. The summed E-state index contributed by atoms with van der Waals surface area (Å²) in [7, 11) is -3.20. The first-order chi connectivity index (χ1) is 10.4. The molecule has 22 heavy (non-hydrogen) atoms. The van der Waals surface area contributed by atoms with Crippen molar-refractivity contribution in [3.63, 3.8) is 0 Å². The third-order valence-corrected chi connectivity index (χ3v) is 4.28. The number of hydrogen-bond acceptors (Lipinski definition) is 6. The Balaban J connectivity index is 2.02. The van der Waals surface area contributed by atoms with E-state index in [2.05, 4.69) is 17.1 Å². The molecule has 1 unspecified atom stereocenters. The van der Waals surface area contributed by atoms with E-state index >= 15 is 0 Å². The summed E-state index contributed by atoms with van der Waals surface area (Å²) in [5, 5.41) is 3.92. The highest BCUT2D eigenvalue weighted by atomic mass is 32.2. The van der Waals surface area contributed by atoms with Gasteiger partial charge in [0, 0.05) is 12.7 Å². The lowest BCUT2D eigenvalue weighted by molar-refractivity contribution is 0.175. The maximum absolute atomic E-state index is 11.4. The molecule has 2 aromatic rings. The van der Waals surface area contributed by atoms with Crippen LogP contribution in [0.15, 0.2) is 33.7 Å². The average Bonchev–Trinajstić information content (AvgIpc) is 2.93. The molecule has 0 N–H and O–H groups in total. The van der Waals surface area contributed by atoms with Gasteiger partial charge in [-0.2, -0.15) is 4.98 Å². The Kier molecular flexibility index (Phi) is 5.18. The summed E-state index contributed by atoms with van der Waals surface area (Å²) in [6.45, 7) is 3.91. The predicted molar refractivity (Wildman–Crippen MR) is 81.5 cm³/mol. The second kappa shape index (κ2) is 6.91. The molecule has 7 heteroatoms. The zero-order chi connectivity index (χ0) is 16.2. The van der Waals surface area contributed by atoms with Crippen LogP contribution in [0.2, 0.25) is 0 Å². The number of ether oxygens (including phenoxy) is 1. The molecule has 1 heterocycles. The first-order valence-corrected chi connectivity index (χ1v) is 9.08. The third kappa shape index (κ3) is 4.30. The quantitative estimate of drug-likeness (QED) is 0.778. The second-order valence-corrected chi connectivity index (χ2v) is 7.17. The number of nitrogens with zero attached hydrogens (tertiary/aromatic N) is 2. The summed E-state index contributed by atoms with van der Waals surface area (Å²) in [5.41, 5.74) is 0. The van der Waals surface area contributed by atoms with Crippen molar-refractivity contribution in [1.29, 1.82) is 0 Å². The van der Waals surface area contributed by atoms with Gasteiger partial charge in [0.25, 0.3) is 5.89 Å². The number of aromatic nitrogens is 2. The van der Waals surface area contributed by atoms with Crippen LogP contribution in [0.1, 0.15) is 44.5 Å². The summed E-state index contributed by atoms with van der Waals surface area (Å²) in [6, 6.07) is 6.25. The first kappa shape index (κ1) is 16.5. The van der Waals surface area contributed by atoms with Crippen LogP contribution in [-0.2, 0) is 16.3 Å². The highest BCUT2D eigenvalue weighted by Gasteiger charge is 2.16. The van der Waals surface area contributed by atoms with E-state index in [4.69, 9.17) is 9.26 Å². The SMILES string of the molecule is CCCCc1noc(C(C)Oc2ccc(S(C)(=O)=O)cc2)n1. The van der Waals surface area contributed by atoms with Gasteiger partial charge < -0.3 is 9.26 Å². The molecule has 0 amide bonds. The largest absolute Gasteiger partial charge is 0.481 e. The molecule has 1 atom stereocenters.